The van der Waals surface area contributed by atoms with Crippen molar-refractivity contribution in [2.24, 2.45) is 5.73 Å². The Bertz CT molecular complexity index is 906. The van der Waals surface area contributed by atoms with E-state index in [2.05, 4.69) is 9.72 Å². The Morgan fingerprint density at radius 1 is 1.28 bits per heavy atom. The number of halogens is 3. The van der Waals surface area contributed by atoms with Crippen molar-refractivity contribution in [1.29, 1.82) is 0 Å². The number of aromatic nitrogens is 1. The lowest BCUT2D eigenvalue weighted by molar-refractivity contribution is -0.274. The molecule has 2 amide bonds. The highest BCUT2D eigenvalue weighted by Gasteiger charge is 2.34. The number of hydrogen-bond acceptors (Lipinski definition) is 5. The highest BCUT2D eigenvalue weighted by molar-refractivity contribution is 7.11. The number of likely N-dealkylation sites (tertiary alicyclic amines) is 1. The zero-order chi connectivity index (χ0) is 21.2. The molecule has 2 aromatic rings. The molecule has 3 rings (SSSR count). The van der Waals surface area contributed by atoms with Crippen LogP contribution in [0.5, 0.6) is 5.75 Å². The summed E-state index contributed by atoms with van der Waals surface area (Å²) in [7, 11) is 0. The van der Waals surface area contributed by atoms with E-state index in [0.29, 0.717) is 31.6 Å². The first-order valence-electron chi connectivity index (χ1n) is 9.02. The number of nitrogens with zero attached hydrogens (tertiary/aromatic N) is 2. The number of primary amides is 1. The molecule has 1 aromatic heterocycles. The molecule has 2 heterocycles. The number of benzene rings is 1. The summed E-state index contributed by atoms with van der Waals surface area (Å²) in [6.45, 7) is 2.68. The van der Waals surface area contributed by atoms with E-state index >= 15 is 0 Å². The van der Waals surface area contributed by atoms with Crippen LogP contribution in [0.4, 0.5) is 13.2 Å². The third-order valence-electron chi connectivity index (χ3n) is 4.73. The van der Waals surface area contributed by atoms with Gasteiger partial charge in [0.05, 0.1) is 22.7 Å². The van der Waals surface area contributed by atoms with Gasteiger partial charge in [-0.05, 0) is 31.9 Å². The molecule has 0 bridgehead atoms. The maximum atomic E-state index is 12.7. The number of ether oxygens (including phenoxy) is 1. The maximum absolute atomic E-state index is 12.7. The number of rotatable bonds is 5. The van der Waals surface area contributed by atoms with Crippen molar-refractivity contribution in [3.63, 3.8) is 0 Å². The van der Waals surface area contributed by atoms with Gasteiger partial charge in [0.2, 0.25) is 5.91 Å². The molecule has 2 N–H and O–H groups in total. The SMILES string of the molecule is Cc1sc(C2CCN(C(=O)c3ccccc3OC(F)(F)F)CC2)nc1CC(N)=O. The Kier molecular flexibility index (Phi) is 6.11. The Labute approximate surface area is 169 Å². The molecule has 1 aliphatic heterocycles. The molecule has 6 nitrogen and oxygen atoms in total. The number of aryl methyl sites for hydroxylation is 1. The number of nitrogens with two attached hydrogens (primary N) is 1. The van der Waals surface area contributed by atoms with Crippen LogP contribution in [0, 0.1) is 6.92 Å². The van der Waals surface area contributed by atoms with Crippen LogP contribution in [-0.4, -0.2) is 41.2 Å². The van der Waals surface area contributed by atoms with Gasteiger partial charge in [-0.3, -0.25) is 9.59 Å². The second kappa shape index (κ2) is 8.40. The summed E-state index contributed by atoms with van der Waals surface area (Å²) in [4.78, 5) is 30.9. The fourth-order valence-electron chi connectivity index (χ4n) is 3.31. The van der Waals surface area contributed by atoms with E-state index < -0.39 is 23.9 Å². The van der Waals surface area contributed by atoms with Crippen LogP contribution in [0.3, 0.4) is 0 Å². The van der Waals surface area contributed by atoms with Crippen LogP contribution in [0.25, 0.3) is 0 Å². The largest absolute Gasteiger partial charge is 0.573 e. The van der Waals surface area contributed by atoms with Gasteiger partial charge < -0.3 is 15.4 Å². The van der Waals surface area contributed by atoms with Crippen molar-refractivity contribution in [3.05, 3.63) is 45.4 Å². The Morgan fingerprint density at radius 3 is 2.55 bits per heavy atom. The van der Waals surface area contributed by atoms with E-state index in [0.717, 1.165) is 16.0 Å². The van der Waals surface area contributed by atoms with Crippen LogP contribution >= 0.6 is 11.3 Å². The lowest BCUT2D eigenvalue weighted by Crippen LogP contribution is -2.38. The molecule has 1 fully saturated rings. The maximum Gasteiger partial charge on any atom is 0.573 e. The molecule has 0 atom stereocenters. The minimum absolute atomic E-state index is 0.0929. The summed E-state index contributed by atoms with van der Waals surface area (Å²) in [5.41, 5.74) is 5.80. The molecule has 0 unspecified atom stereocenters. The summed E-state index contributed by atoms with van der Waals surface area (Å²) in [6, 6.07) is 5.35. The Morgan fingerprint density at radius 2 is 1.93 bits per heavy atom. The predicted molar refractivity (Wildman–Crippen MR) is 101 cm³/mol. The van der Waals surface area contributed by atoms with E-state index in [-0.39, 0.29) is 17.9 Å². The molecule has 0 spiro atoms. The summed E-state index contributed by atoms with van der Waals surface area (Å²) in [5, 5.41) is 0.895. The Hall–Kier alpha value is -2.62. The highest BCUT2D eigenvalue weighted by Crippen LogP contribution is 2.34. The average Bonchev–Trinajstić information content (AvgIpc) is 3.00. The Balaban J connectivity index is 1.67. The van der Waals surface area contributed by atoms with Gasteiger partial charge >= 0.3 is 6.36 Å². The van der Waals surface area contributed by atoms with Crippen LogP contribution in [0.15, 0.2) is 24.3 Å². The van der Waals surface area contributed by atoms with Crippen LogP contribution < -0.4 is 10.5 Å². The number of piperidine rings is 1. The third-order valence-corrected chi connectivity index (χ3v) is 5.90. The highest BCUT2D eigenvalue weighted by atomic mass is 32.1. The minimum atomic E-state index is -4.87. The van der Waals surface area contributed by atoms with Gasteiger partial charge in [-0.15, -0.1) is 24.5 Å². The zero-order valence-electron chi connectivity index (χ0n) is 15.7. The topological polar surface area (TPSA) is 85.5 Å². The molecule has 156 valence electrons. The number of para-hydroxylation sites is 1. The molecular weight excluding hydrogens is 407 g/mol. The first-order chi connectivity index (χ1) is 13.6. The van der Waals surface area contributed by atoms with Crippen LogP contribution in [0.1, 0.15) is 44.7 Å². The summed E-state index contributed by atoms with van der Waals surface area (Å²) in [5.74, 6) is -1.30. The van der Waals surface area contributed by atoms with Crippen molar-refractivity contribution in [1.82, 2.24) is 9.88 Å². The summed E-state index contributed by atoms with van der Waals surface area (Å²) < 4.78 is 41.8. The normalized spacial score (nSPS) is 15.4. The first-order valence-corrected chi connectivity index (χ1v) is 9.84. The minimum Gasteiger partial charge on any atom is -0.405 e. The van der Waals surface area contributed by atoms with E-state index in [1.54, 1.807) is 0 Å². The number of hydrogen-bond donors (Lipinski definition) is 1. The van der Waals surface area contributed by atoms with E-state index in [4.69, 9.17) is 5.73 Å². The number of alkyl halides is 3. The summed E-state index contributed by atoms with van der Waals surface area (Å²) >= 11 is 1.51. The molecule has 29 heavy (non-hydrogen) atoms. The van der Waals surface area contributed by atoms with Crippen molar-refractivity contribution < 1.29 is 27.5 Å². The molecule has 0 saturated carbocycles. The van der Waals surface area contributed by atoms with E-state index in [1.807, 2.05) is 6.92 Å². The fourth-order valence-corrected chi connectivity index (χ4v) is 4.42. The number of thiazole rings is 1. The quantitative estimate of drug-likeness (QED) is 0.793. The van der Waals surface area contributed by atoms with Gasteiger partial charge in [-0.1, -0.05) is 12.1 Å². The number of carbonyl (C=O) groups excluding carboxylic acids is 2. The van der Waals surface area contributed by atoms with Crippen molar-refractivity contribution in [2.45, 2.75) is 38.5 Å². The van der Waals surface area contributed by atoms with Crippen molar-refractivity contribution >= 4 is 23.2 Å². The molecule has 1 aromatic carbocycles. The zero-order valence-corrected chi connectivity index (χ0v) is 16.5. The number of amides is 2. The number of carbonyl (C=O) groups is 2. The van der Waals surface area contributed by atoms with Gasteiger partial charge in [-0.25, -0.2) is 4.98 Å². The van der Waals surface area contributed by atoms with Gasteiger partial charge in [0.25, 0.3) is 5.91 Å². The van der Waals surface area contributed by atoms with E-state index in [9.17, 15) is 22.8 Å². The van der Waals surface area contributed by atoms with E-state index in [1.165, 1.54) is 34.4 Å². The van der Waals surface area contributed by atoms with Gasteiger partial charge in [-0.2, -0.15) is 0 Å². The lowest BCUT2D eigenvalue weighted by Gasteiger charge is -2.31. The summed E-state index contributed by atoms with van der Waals surface area (Å²) in [6.07, 6.45) is -3.50. The van der Waals surface area contributed by atoms with Gasteiger partial charge in [0, 0.05) is 23.9 Å². The smallest absolute Gasteiger partial charge is 0.405 e. The van der Waals surface area contributed by atoms with Crippen LogP contribution in [0.2, 0.25) is 0 Å². The van der Waals surface area contributed by atoms with Gasteiger partial charge in [0.15, 0.2) is 0 Å². The average molecular weight is 427 g/mol. The lowest BCUT2D eigenvalue weighted by atomic mass is 9.97. The second-order valence-electron chi connectivity index (χ2n) is 6.81. The molecule has 10 heteroatoms. The molecular formula is C19H20F3N3O3S. The predicted octanol–water partition coefficient (Wildman–Crippen LogP) is 3.40. The fraction of sp³-hybridized carbons (Fsp3) is 0.421. The first kappa shape index (κ1) is 21.1. The van der Waals surface area contributed by atoms with Crippen LogP contribution in [-0.2, 0) is 11.2 Å². The van der Waals surface area contributed by atoms with Crippen molar-refractivity contribution in [3.8, 4) is 5.75 Å². The van der Waals surface area contributed by atoms with Gasteiger partial charge in [0.1, 0.15) is 5.75 Å². The second-order valence-corrected chi connectivity index (χ2v) is 8.04. The monoisotopic (exact) mass is 427 g/mol. The molecule has 1 aliphatic rings. The molecule has 0 radical (unpaired) electrons. The van der Waals surface area contributed by atoms with Crippen molar-refractivity contribution in [2.75, 3.05) is 13.1 Å². The standard InChI is InChI=1S/C19H20F3N3O3S/c1-11-14(10-16(23)26)24-17(29-11)12-6-8-25(9-7-12)18(27)13-4-2-3-5-15(13)28-19(20,21)22/h2-5,12H,6-10H2,1H3,(H2,23,26). The third kappa shape index (κ3) is 5.26. The molecule has 1 saturated heterocycles. The molecule has 0 aliphatic carbocycles.